The molecule has 0 amide bonds. The van der Waals surface area contributed by atoms with E-state index in [1.54, 1.807) is 6.07 Å². The second-order valence-electron chi connectivity index (χ2n) is 5.76. The predicted octanol–water partition coefficient (Wildman–Crippen LogP) is 3.28. The number of likely N-dealkylation sites (tertiary alicyclic amines) is 1. The maximum atomic E-state index is 9.25. The fourth-order valence-electron chi connectivity index (χ4n) is 3.40. The molecular weight excluding hydrogens is 270 g/mol. The van der Waals surface area contributed by atoms with E-state index in [2.05, 4.69) is 15.9 Å². The molecule has 0 spiro atoms. The van der Waals surface area contributed by atoms with Crippen LogP contribution in [0.2, 0.25) is 5.02 Å². The third-order valence-corrected chi connectivity index (χ3v) is 4.73. The molecule has 1 aromatic carbocycles. The van der Waals surface area contributed by atoms with Crippen LogP contribution in [0.4, 0.5) is 5.69 Å². The van der Waals surface area contributed by atoms with Gasteiger partial charge < -0.3 is 4.90 Å². The van der Waals surface area contributed by atoms with Crippen LogP contribution in [-0.4, -0.2) is 37.1 Å². The molecule has 2 aliphatic rings. The number of benzene rings is 1. The van der Waals surface area contributed by atoms with E-state index >= 15 is 0 Å². The average Bonchev–Trinajstić information content (AvgIpc) is 2.98. The molecule has 2 saturated heterocycles. The lowest BCUT2D eigenvalue weighted by Crippen LogP contribution is -2.40. The first-order chi connectivity index (χ1) is 9.78. The van der Waals surface area contributed by atoms with E-state index in [1.165, 1.54) is 38.8 Å². The van der Waals surface area contributed by atoms with Gasteiger partial charge >= 0.3 is 0 Å². The first-order valence-corrected chi connectivity index (χ1v) is 7.84. The van der Waals surface area contributed by atoms with Crippen molar-refractivity contribution < 1.29 is 0 Å². The molecule has 0 aromatic heterocycles. The van der Waals surface area contributed by atoms with Crippen molar-refractivity contribution in [3.8, 4) is 6.07 Å². The average molecular weight is 290 g/mol. The highest BCUT2D eigenvalue weighted by Crippen LogP contribution is 2.29. The Hall–Kier alpha value is -1.24. The molecule has 3 nitrogen and oxygen atoms in total. The van der Waals surface area contributed by atoms with Gasteiger partial charge in [0, 0.05) is 24.2 Å². The standard InChI is InChI=1S/C16H20ClN3/c17-14-5-4-13(11-18)16(10-14)20-9-6-15(12-20)19-7-2-1-3-8-19/h4-5,10,15H,1-3,6-9,12H2. The number of anilines is 1. The minimum absolute atomic E-state index is 0.640. The van der Waals surface area contributed by atoms with Gasteiger partial charge in [0.25, 0.3) is 0 Å². The molecule has 1 aromatic rings. The van der Waals surface area contributed by atoms with Gasteiger partial charge in [-0.25, -0.2) is 0 Å². The molecule has 0 aliphatic carbocycles. The molecule has 3 rings (SSSR count). The maximum absolute atomic E-state index is 9.25. The highest BCUT2D eigenvalue weighted by atomic mass is 35.5. The Kier molecular flexibility index (Phi) is 4.14. The number of hydrogen-bond donors (Lipinski definition) is 0. The SMILES string of the molecule is N#Cc1ccc(Cl)cc1N1CCC(N2CCCCC2)C1. The molecule has 0 bridgehead atoms. The van der Waals surface area contributed by atoms with E-state index in [0.29, 0.717) is 11.1 Å². The van der Waals surface area contributed by atoms with Crippen molar-refractivity contribution in [2.75, 3.05) is 31.1 Å². The summed E-state index contributed by atoms with van der Waals surface area (Å²) in [6, 6.07) is 8.47. The molecule has 1 atom stereocenters. The van der Waals surface area contributed by atoms with E-state index in [9.17, 15) is 5.26 Å². The monoisotopic (exact) mass is 289 g/mol. The van der Waals surface area contributed by atoms with Gasteiger partial charge in [-0.1, -0.05) is 18.0 Å². The lowest BCUT2D eigenvalue weighted by molar-refractivity contribution is 0.175. The van der Waals surface area contributed by atoms with Gasteiger partial charge in [0.05, 0.1) is 11.3 Å². The summed E-state index contributed by atoms with van der Waals surface area (Å²) in [4.78, 5) is 4.95. The molecule has 0 radical (unpaired) electrons. The van der Waals surface area contributed by atoms with Crippen LogP contribution in [0.1, 0.15) is 31.2 Å². The van der Waals surface area contributed by atoms with Gasteiger partial charge in [-0.2, -0.15) is 5.26 Å². The van der Waals surface area contributed by atoms with E-state index in [1.807, 2.05) is 12.1 Å². The Morgan fingerprint density at radius 3 is 2.70 bits per heavy atom. The predicted molar refractivity (Wildman–Crippen MR) is 82.2 cm³/mol. The zero-order valence-electron chi connectivity index (χ0n) is 11.7. The normalized spacial score (nSPS) is 23.8. The lowest BCUT2D eigenvalue weighted by atomic mass is 10.1. The molecule has 20 heavy (non-hydrogen) atoms. The summed E-state index contributed by atoms with van der Waals surface area (Å²) >= 11 is 6.09. The van der Waals surface area contributed by atoms with E-state index in [4.69, 9.17) is 11.6 Å². The minimum Gasteiger partial charge on any atom is -0.369 e. The first kappa shape index (κ1) is 13.7. The third-order valence-electron chi connectivity index (χ3n) is 4.49. The number of rotatable bonds is 2. The van der Waals surface area contributed by atoms with Gasteiger partial charge in [-0.15, -0.1) is 0 Å². The van der Waals surface area contributed by atoms with Gasteiger partial charge in [0.15, 0.2) is 0 Å². The molecule has 1 unspecified atom stereocenters. The summed E-state index contributed by atoms with van der Waals surface area (Å²) < 4.78 is 0. The van der Waals surface area contributed by atoms with Crippen LogP contribution in [0.5, 0.6) is 0 Å². The summed E-state index contributed by atoms with van der Waals surface area (Å²) in [7, 11) is 0. The zero-order valence-corrected chi connectivity index (χ0v) is 12.4. The van der Waals surface area contributed by atoms with Crippen molar-refractivity contribution in [2.24, 2.45) is 0 Å². The second kappa shape index (κ2) is 6.03. The van der Waals surface area contributed by atoms with Crippen LogP contribution in [0, 0.1) is 11.3 Å². The third kappa shape index (κ3) is 2.77. The molecule has 2 fully saturated rings. The first-order valence-electron chi connectivity index (χ1n) is 7.46. The minimum atomic E-state index is 0.640. The van der Waals surface area contributed by atoms with Gasteiger partial charge in [-0.3, -0.25) is 4.90 Å². The van der Waals surface area contributed by atoms with Crippen LogP contribution in [-0.2, 0) is 0 Å². The lowest BCUT2D eigenvalue weighted by Gasteiger charge is -2.32. The molecular formula is C16H20ClN3. The molecule has 2 heterocycles. The van der Waals surface area contributed by atoms with Crippen LogP contribution in [0.3, 0.4) is 0 Å². The van der Waals surface area contributed by atoms with Crippen molar-refractivity contribution in [3.05, 3.63) is 28.8 Å². The van der Waals surface area contributed by atoms with Gasteiger partial charge in [0.2, 0.25) is 0 Å². The topological polar surface area (TPSA) is 30.3 Å². The fraction of sp³-hybridized carbons (Fsp3) is 0.562. The fourth-order valence-corrected chi connectivity index (χ4v) is 3.57. The number of piperidine rings is 1. The Morgan fingerprint density at radius 1 is 1.15 bits per heavy atom. The number of nitriles is 1. The van der Waals surface area contributed by atoms with Gasteiger partial charge in [-0.05, 0) is 50.6 Å². The highest BCUT2D eigenvalue weighted by molar-refractivity contribution is 6.30. The van der Waals surface area contributed by atoms with E-state index in [0.717, 1.165) is 24.3 Å². The van der Waals surface area contributed by atoms with E-state index in [-0.39, 0.29) is 0 Å². The number of hydrogen-bond acceptors (Lipinski definition) is 3. The maximum Gasteiger partial charge on any atom is 0.101 e. The van der Waals surface area contributed by atoms with Crippen LogP contribution < -0.4 is 4.90 Å². The van der Waals surface area contributed by atoms with Crippen molar-refractivity contribution in [2.45, 2.75) is 31.7 Å². The summed E-state index contributed by atoms with van der Waals surface area (Å²) in [6.45, 7) is 4.52. The van der Waals surface area contributed by atoms with Crippen molar-refractivity contribution >= 4 is 17.3 Å². The Balaban J connectivity index is 1.73. The second-order valence-corrected chi connectivity index (χ2v) is 6.19. The summed E-state index contributed by atoms with van der Waals surface area (Å²) in [5.41, 5.74) is 1.73. The van der Waals surface area contributed by atoms with Gasteiger partial charge in [0.1, 0.15) is 6.07 Å². The molecule has 0 saturated carbocycles. The summed E-state index contributed by atoms with van der Waals surface area (Å²) in [5, 5.41) is 9.96. The van der Waals surface area contributed by atoms with Crippen molar-refractivity contribution in [1.82, 2.24) is 4.90 Å². The zero-order chi connectivity index (χ0) is 13.9. The summed E-state index contributed by atoms with van der Waals surface area (Å²) in [5.74, 6) is 0. The largest absolute Gasteiger partial charge is 0.369 e. The van der Waals surface area contributed by atoms with E-state index < -0.39 is 0 Å². The molecule has 4 heteroatoms. The molecule has 0 N–H and O–H groups in total. The molecule has 2 aliphatic heterocycles. The number of nitrogens with zero attached hydrogens (tertiary/aromatic N) is 3. The Labute approximate surface area is 125 Å². The van der Waals surface area contributed by atoms with Crippen LogP contribution in [0.25, 0.3) is 0 Å². The summed E-state index contributed by atoms with van der Waals surface area (Å²) in [6.07, 6.45) is 5.23. The Bertz CT molecular complexity index is 517. The van der Waals surface area contributed by atoms with Crippen molar-refractivity contribution in [1.29, 1.82) is 5.26 Å². The van der Waals surface area contributed by atoms with Crippen LogP contribution >= 0.6 is 11.6 Å². The van der Waals surface area contributed by atoms with Crippen molar-refractivity contribution in [3.63, 3.8) is 0 Å². The Morgan fingerprint density at radius 2 is 1.95 bits per heavy atom. The molecule has 106 valence electrons. The number of halogens is 1. The highest BCUT2D eigenvalue weighted by Gasteiger charge is 2.29. The van der Waals surface area contributed by atoms with Crippen LogP contribution in [0.15, 0.2) is 18.2 Å². The quantitative estimate of drug-likeness (QED) is 0.837. The smallest absolute Gasteiger partial charge is 0.101 e.